The van der Waals surface area contributed by atoms with E-state index >= 15 is 0 Å². The van der Waals surface area contributed by atoms with E-state index < -0.39 is 14.4 Å². The van der Waals surface area contributed by atoms with Crippen molar-refractivity contribution in [2.24, 2.45) is 0 Å². The Labute approximate surface area is 197 Å². The molecule has 2 nitrogen and oxygen atoms in total. The maximum Gasteiger partial charge on any atom is 0.261 e. The molecule has 2 aromatic rings. The van der Waals surface area contributed by atoms with E-state index in [1.165, 1.54) is 10.4 Å². The van der Waals surface area contributed by atoms with Crippen molar-refractivity contribution >= 4 is 18.7 Å². The maximum atomic E-state index is 10.1. The maximum absolute atomic E-state index is 10.1. The first kappa shape index (κ1) is 26.3. The van der Waals surface area contributed by atoms with E-state index in [1.54, 1.807) is 0 Å². The number of unbranched alkanes of at least 4 members (excludes halogenated alkanes) is 1. The van der Waals surface area contributed by atoms with Crippen molar-refractivity contribution in [1.29, 1.82) is 0 Å². The van der Waals surface area contributed by atoms with E-state index in [2.05, 4.69) is 94.6 Å². The monoisotopic (exact) mass is 450 g/mol. The lowest BCUT2D eigenvalue weighted by molar-refractivity contribution is 0.158. The van der Waals surface area contributed by atoms with E-state index in [4.69, 9.17) is 4.43 Å². The second kappa shape index (κ2) is 12.3. The fourth-order valence-corrected chi connectivity index (χ4v) is 9.21. The van der Waals surface area contributed by atoms with Crippen LogP contribution in [0.4, 0.5) is 0 Å². The summed E-state index contributed by atoms with van der Waals surface area (Å²) in [5, 5.41) is 12.7. The molecule has 1 N–H and O–H groups in total. The van der Waals surface area contributed by atoms with Crippen LogP contribution < -0.4 is 10.4 Å². The molecule has 0 heterocycles. The number of hydrogen-bond acceptors (Lipinski definition) is 2. The van der Waals surface area contributed by atoms with E-state index in [9.17, 15) is 5.11 Å². The predicted molar refractivity (Wildman–Crippen MR) is 141 cm³/mol. The largest absolute Gasteiger partial charge is 0.404 e. The highest BCUT2D eigenvalue weighted by molar-refractivity contribution is 6.99. The van der Waals surface area contributed by atoms with E-state index in [1.807, 2.05) is 13.0 Å². The molecule has 32 heavy (non-hydrogen) atoms. The highest BCUT2D eigenvalue weighted by Crippen LogP contribution is 2.38. The Morgan fingerprint density at radius 2 is 1.44 bits per heavy atom. The molecule has 2 unspecified atom stereocenters. The van der Waals surface area contributed by atoms with Gasteiger partial charge < -0.3 is 9.53 Å². The van der Waals surface area contributed by atoms with Gasteiger partial charge in [-0.05, 0) is 48.0 Å². The zero-order chi connectivity index (χ0) is 23.6. The third-order valence-electron chi connectivity index (χ3n) is 6.28. The molecule has 2 aromatic carbocycles. The number of benzene rings is 2. The third kappa shape index (κ3) is 6.78. The summed E-state index contributed by atoms with van der Waals surface area (Å²) in [6.07, 6.45) is 7.42. The molecule has 0 spiro atoms. The smallest absolute Gasteiger partial charge is 0.261 e. The normalized spacial score (nSPS) is 14.0. The van der Waals surface area contributed by atoms with Crippen molar-refractivity contribution in [2.45, 2.75) is 83.5 Å². The second-order valence-electron chi connectivity index (χ2n) is 9.92. The van der Waals surface area contributed by atoms with Crippen LogP contribution in [0, 0.1) is 0 Å². The molecule has 174 valence electrons. The average molecular weight is 451 g/mol. The number of allylic oxidation sites excluding steroid dienone is 1. The van der Waals surface area contributed by atoms with Crippen molar-refractivity contribution in [3.63, 3.8) is 0 Å². The summed E-state index contributed by atoms with van der Waals surface area (Å²) < 4.78 is 7.34. The van der Waals surface area contributed by atoms with Gasteiger partial charge in [0.05, 0.1) is 6.10 Å². The molecular formula is C29H42O2Si. The van der Waals surface area contributed by atoms with Gasteiger partial charge in [0.15, 0.2) is 0 Å². The Morgan fingerprint density at radius 3 is 1.88 bits per heavy atom. The molecule has 0 aliphatic rings. The van der Waals surface area contributed by atoms with Crippen LogP contribution in [0.5, 0.6) is 0 Å². The molecule has 2 atom stereocenters. The predicted octanol–water partition coefficient (Wildman–Crippen LogP) is 6.40. The van der Waals surface area contributed by atoms with Crippen molar-refractivity contribution in [1.82, 2.24) is 0 Å². The average Bonchev–Trinajstić information content (AvgIpc) is 2.78. The fraction of sp³-hybridized carbons (Fsp3) is 0.448. The van der Waals surface area contributed by atoms with Crippen LogP contribution in [0.1, 0.15) is 66.2 Å². The Kier molecular flexibility index (Phi) is 10.1. The number of hydrogen-bond donors (Lipinski definition) is 1. The van der Waals surface area contributed by atoms with Gasteiger partial charge in [0, 0.05) is 6.10 Å². The summed E-state index contributed by atoms with van der Waals surface area (Å²) in [5.41, 5.74) is 0.844. The molecule has 0 aromatic heterocycles. The molecular weight excluding hydrogens is 408 g/mol. The SMILES string of the molecule is C=CCCC(CCCCC(O)C(=C)C)O[Si](c1ccccc1)(c1ccccc1)C(C)(C)C. The summed E-state index contributed by atoms with van der Waals surface area (Å²) in [7, 11) is -2.56. The van der Waals surface area contributed by atoms with Gasteiger partial charge in [-0.3, -0.25) is 0 Å². The van der Waals surface area contributed by atoms with Crippen molar-refractivity contribution in [3.05, 3.63) is 85.5 Å². The van der Waals surface area contributed by atoms with Crippen molar-refractivity contribution in [3.8, 4) is 0 Å². The highest BCUT2D eigenvalue weighted by atomic mass is 28.4. The highest BCUT2D eigenvalue weighted by Gasteiger charge is 2.51. The Morgan fingerprint density at radius 1 is 0.938 bits per heavy atom. The molecule has 0 aliphatic heterocycles. The van der Waals surface area contributed by atoms with Crippen LogP contribution in [0.15, 0.2) is 85.5 Å². The summed E-state index contributed by atoms with van der Waals surface area (Å²) >= 11 is 0. The topological polar surface area (TPSA) is 29.5 Å². The van der Waals surface area contributed by atoms with E-state index in [0.717, 1.165) is 44.1 Å². The van der Waals surface area contributed by atoms with Gasteiger partial charge in [-0.2, -0.15) is 0 Å². The van der Waals surface area contributed by atoms with Gasteiger partial charge in [-0.15, -0.1) is 6.58 Å². The fourth-order valence-electron chi connectivity index (χ4n) is 4.46. The number of rotatable bonds is 13. The lowest BCUT2D eigenvalue weighted by Gasteiger charge is -2.45. The molecule has 0 saturated heterocycles. The van der Waals surface area contributed by atoms with E-state index in [-0.39, 0.29) is 11.1 Å². The summed E-state index contributed by atoms with van der Waals surface area (Å²) in [5.74, 6) is 0. The molecule has 0 radical (unpaired) electrons. The van der Waals surface area contributed by atoms with Crippen LogP contribution in [-0.2, 0) is 4.43 Å². The number of aliphatic hydroxyl groups is 1. The van der Waals surface area contributed by atoms with Gasteiger partial charge in [0.25, 0.3) is 8.32 Å². The minimum atomic E-state index is -2.56. The molecule has 0 fully saturated rings. The first-order valence-corrected chi connectivity index (χ1v) is 13.9. The standard InChI is InChI=1S/C29H42O2Si/c1-7-8-17-25(18-15-16-23-28(30)24(2)3)31-32(29(4,5)6,26-19-11-9-12-20-26)27-21-13-10-14-22-27/h7,9-14,19-22,25,28,30H,1-2,8,15-18,23H2,3-6H3. The molecule has 0 bridgehead atoms. The van der Waals surface area contributed by atoms with Crippen LogP contribution in [0.3, 0.4) is 0 Å². The lowest BCUT2D eigenvalue weighted by Crippen LogP contribution is -2.67. The molecule has 0 amide bonds. The Balaban J connectivity index is 2.37. The van der Waals surface area contributed by atoms with E-state index in [0.29, 0.717) is 0 Å². The summed E-state index contributed by atoms with van der Waals surface area (Å²) in [6.45, 7) is 16.7. The molecule has 3 heteroatoms. The summed E-state index contributed by atoms with van der Waals surface area (Å²) in [6, 6.07) is 21.7. The van der Waals surface area contributed by atoms with Gasteiger partial charge >= 0.3 is 0 Å². The molecule has 0 aliphatic carbocycles. The van der Waals surface area contributed by atoms with Crippen LogP contribution in [0.2, 0.25) is 5.04 Å². The van der Waals surface area contributed by atoms with Crippen LogP contribution in [0.25, 0.3) is 0 Å². The van der Waals surface area contributed by atoms with Gasteiger partial charge in [0.2, 0.25) is 0 Å². The van der Waals surface area contributed by atoms with Gasteiger partial charge in [0.1, 0.15) is 0 Å². The van der Waals surface area contributed by atoms with Crippen LogP contribution in [-0.4, -0.2) is 25.6 Å². The lowest BCUT2D eigenvalue weighted by atomic mass is 10.0. The van der Waals surface area contributed by atoms with Crippen molar-refractivity contribution in [2.75, 3.05) is 0 Å². The minimum Gasteiger partial charge on any atom is -0.404 e. The first-order chi connectivity index (χ1) is 15.2. The minimum absolute atomic E-state index is 0.0295. The van der Waals surface area contributed by atoms with Gasteiger partial charge in [-0.25, -0.2) is 0 Å². The Bertz CT molecular complexity index is 784. The third-order valence-corrected chi connectivity index (χ3v) is 11.4. The van der Waals surface area contributed by atoms with Crippen molar-refractivity contribution < 1.29 is 9.53 Å². The molecule has 2 rings (SSSR count). The zero-order valence-corrected chi connectivity index (χ0v) is 21.5. The molecule has 0 saturated carbocycles. The van der Waals surface area contributed by atoms with Gasteiger partial charge in [-0.1, -0.05) is 113 Å². The Hall–Kier alpha value is -1.94. The van der Waals surface area contributed by atoms with Crippen LogP contribution >= 0.6 is 0 Å². The zero-order valence-electron chi connectivity index (χ0n) is 20.5. The quantitative estimate of drug-likeness (QED) is 0.217. The second-order valence-corrected chi connectivity index (χ2v) is 14.2. The first-order valence-electron chi connectivity index (χ1n) is 12.0. The number of aliphatic hydroxyl groups excluding tert-OH is 1. The summed E-state index contributed by atoms with van der Waals surface area (Å²) in [4.78, 5) is 0.